The summed E-state index contributed by atoms with van der Waals surface area (Å²) in [4.78, 5) is 20.2. The highest BCUT2D eigenvalue weighted by molar-refractivity contribution is 5.94. The second-order valence-electron chi connectivity index (χ2n) is 8.56. The maximum absolute atomic E-state index is 14.9. The number of ether oxygens (including phenoxy) is 4. The monoisotopic (exact) mass is 496 g/mol. The molecular weight excluding hydrogens is 467 g/mol. The molecule has 10 heteroatoms. The van der Waals surface area contributed by atoms with Gasteiger partial charge in [0.2, 0.25) is 0 Å². The molecule has 0 radical (unpaired) electrons. The largest absolute Gasteiger partial charge is 0.491 e. The zero-order chi connectivity index (χ0) is 24.9. The van der Waals surface area contributed by atoms with Gasteiger partial charge in [-0.25, -0.2) is 9.18 Å². The summed E-state index contributed by atoms with van der Waals surface area (Å²) in [5.74, 6) is 1.01. The minimum absolute atomic E-state index is 0.0493. The molecule has 9 nitrogen and oxygen atoms in total. The summed E-state index contributed by atoms with van der Waals surface area (Å²) < 4.78 is 37.8. The fourth-order valence-electron chi connectivity index (χ4n) is 4.42. The third kappa shape index (κ3) is 5.14. The van der Waals surface area contributed by atoms with Gasteiger partial charge in [-0.05, 0) is 36.8 Å². The fraction of sp³-hybridized carbons (Fsp3) is 0.385. The summed E-state index contributed by atoms with van der Waals surface area (Å²) >= 11 is 0. The third-order valence-corrected chi connectivity index (χ3v) is 6.28. The number of fused-ring (bicyclic) bond motifs is 1. The van der Waals surface area contributed by atoms with Crippen molar-refractivity contribution < 1.29 is 28.1 Å². The predicted molar refractivity (Wildman–Crippen MR) is 133 cm³/mol. The van der Waals surface area contributed by atoms with E-state index < -0.39 is 5.82 Å². The quantitative estimate of drug-likeness (QED) is 0.451. The summed E-state index contributed by atoms with van der Waals surface area (Å²) in [6.45, 7) is 5.96. The lowest BCUT2D eigenvalue weighted by atomic mass is 10.1. The molecule has 0 saturated carbocycles. The smallest absolute Gasteiger partial charge is 0.321 e. The van der Waals surface area contributed by atoms with Crippen LogP contribution in [0.3, 0.4) is 0 Å². The number of urea groups is 1. The van der Waals surface area contributed by atoms with E-state index in [1.807, 2.05) is 12.1 Å². The number of rotatable bonds is 9. The number of benzene rings is 2. The summed E-state index contributed by atoms with van der Waals surface area (Å²) in [5, 5.41) is 3.37. The number of carbonyl (C=O) groups excluding carboxylic acids is 1. The lowest BCUT2D eigenvalue weighted by Crippen LogP contribution is -2.37. The maximum atomic E-state index is 14.9. The Hall–Kier alpha value is -3.63. The van der Waals surface area contributed by atoms with Gasteiger partial charge >= 0.3 is 6.03 Å². The van der Waals surface area contributed by atoms with Gasteiger partial charge in [0.05, 0.1) is 26.9 Å². The highest BCUT2D eigenvalue weighted by Crippen LogP contribution is 2.39. The summed E-state index contributed by atoms with van der Waals surface area (Å²) in [6, 6.07) is 9.56. The summed E-state index contributed by atoms with van der Waals surface area (Å²) in [7, 11) is 1.57. The maximum Gasteiger partial charge on any atom is 0.321 e. The Bertz CT molecular complexity index is 1230. The van der Waals surface area contributed by atoms with E-state index >= 15 is 0 Å². The SMILES string of the molecule is COc1c(OCCCN2CCOCC2)ccc2c(Oc3ccc(N4CCNC4=O)cc3F)ccnc12. The molecule has 1 N–H and O–H groups in total. The number of hydrogen-bond donors (Lipinski definition) is 1. The van der Waals surface area contributed by atoms with Crippen LogP contribution < -0.4 is 24.4 Å². The molecule has 0 aliphatic carbocycles. The van der Waals surface area contributed by atoms with E-state index in [2.05, 4.69) is 15.2 Å². The van der Waals surface area contributed by atoms with Crippen molar-refractivity contribution in [3.63, 3.8) is 0 Å². The van der Waals surface area contributed by atoms with Gasteiger partial charge in [0.25, 0.3) is 0 Å². The second-order valence-corrected chi connectivity index (χ2v) is 8.56. The number of anilines is 1. The molecule has 36 heavy (non-hydrogen) atoms. The summed E-state index contributed by atoms with van der Waals surface area (Å²) in [5.41, 5.74) is 1.04. The first-order chi connectivity index (χ1) is 17.6. The standard InChI is InChI=1S/C26H29FN4O5/c1-33-25-23(35-14-2-10-30-12-15-34-16-13-30)6-4-19-21(7-8-28-24(19)25)36-22-5-3-18(17-20(22)27)31-11-9-29-26(31)32/h3-8,17H,2,9-16H2,1H3,(H,29,32). The minimum Gasteiger partial charge on any atom is -0.491 e. The van der Waals surface area contributed by atoms with Crippen LogP contribution in [0.25, 0.3) is 10.9 Å². The van der Waals surface area contributed by atoms with Crippen LogP contribution in [0.4, 0.5) is 14.9 Å². The number of amides is 2. The number of pyridine rings is 1. The van der Waals surface area contributed by atoms with Gasteiger partial charge < -0.3 is 24.3 Å². The molecule has 2 fully saturated rings. The van der Waals surface area contributed by atoms with E-state index in [9.17, 15) is 9.18 Å². The number of halogens is 1. The normalized spacial score (nSPS) is 16.3. The molecule has 1 aromatic heterocycles. The van der Waals surface area contributed by atoms with Crippen LogP contribution in [0.1, 0.15) is 6.42 Å². The van der Waals surface area contributed by atoms with E-state index in [4.69, 9.17) is 18.9 Å². The Morgan fingerprint density at radius 1 is 1.08 bits per heavy atom. The first-order valence-corrected chi connectivity index (χ1v) is 12.1. The van der Waals surface area contributed by atoms with Gasteiger partial charge in [0.15, 0.2) is 23.1 Å². The van der Waals surface area contributed by atoms with E-state index in [1.165, 1.54) is 17.0 Å². The van der Waals surface area contributed by atoms with Crippen molar-refractivity contribution in [1.82, 2.24) is 15.2 Å². The number of methoxy groups -OCH3 is 1. The molecule has 2 amide bonds. The van der Waals surface area contributed by atoms with Crippen molar-refractivity contribution >= 4 is 22.6 Å². The van der Waals surface area contributed by atoms with Crippen LogP contribution in [0.2, 0.25) is 0 Å². The highest BCUT2D eigenvalue weighted by Gasteiger charge is 2.22. The number of nitrogens with one attached hydrogen (secondary N) is 1. The third-order valence-electron chi connectivity index (χ3n) is 6.28. The van der Waals surface area contributed by atoms with E-state index in [1.54, 1.807) is 25.4 Å². The molecule has 190 valence electrons. The minimum atomic E-state index is -0.565. The lowest BCUT2D eigenvalue weighted by molar-refractivity contribution is 0.0357. The fourth-order valence-corrected chi connectivity index (χ4v) is 4.42. The van der Waals surface area contributed by atoms with E-state index in [0.717, 1.165) is 39.3 Å². The van der Waals surface area contributed by atoms with Gasteiger partial charge in [-0.3, -0.25) is 14.8 Å². The Labute approximate surface area is 208 Å². The molecule has 0 bridgehead atoms. The Kier molecular flexibility index (Phi) is 7.33. The summed E-state index contributed by atoms with van der Waals surface area (Å²) in [6.07, 6.45) is 2.47. The number of carbonyl (C=O) groups is 1. The lowest BCUT2D eigenvalue weighted by Gasteiger charge is -2.26. The topological polar surface area (TPSA) is 85.4 Å². The predicted octanol–water partition coefficient (Wildman–Crippen LogP) is 3.81. The van der Waals surface area contributed by atoms with Gasteiger partial charge in [0.1, 0.15) is 11.3 Å². The van der Waals surface area contributed by atoms with E-state index in [-0.39, 0.29) is 11.8 Å². The molecule has 0 unspecified atom stereocenters. The van der Waals surface area contributed by atoms with Gasteiger partial charge in [-0.15, -0.1) is 0 Å². The molecule has 5 rings (SSSR count). The van der Waals surface area contributed by atoms with Gasteiger partial charge in [-0.2, -0.15) is 0 Å². The van der Waals surface area contributed by atoms with Crippen molar-refractivity contribution in [3.05, 3.63) is 48.4 Å². The molecule has 2 aromatic carbocycles. The first-order valence-electron chi connectivity index (χ1n) is 12.1. The molecule has 0 spiro atoms. The van der Waals surface area contributed by atoms with Crippen LogP contribution in [0.5, 0.6) is 23.0 Å². The second kappa shape index (κ2) is 11.0. The molecule has 3 heterocycles. The van der Waals surface area contributed by atoms with Gasteiger partial charge in [0, 0.05) is 56.1 Å². The molecule has 0 atom stereocenters. The first kappa shape index (κ1) is 24.1. The average molecular weight is 497 g/mol. The van der Waals surface area contributed by atoms with Crippen LogP contribution in [-0.2, 0) is 4.74 Å². The Morgan fingerprint density at radius 2 is 1.92 bits per heavy atom. The molecular formula is C26H29FN4O5. The molecule has 2 aliphatic rings. The highest BCUT2D eigenvalue weighted by atomic mass is 19.1. The number of nitrogens with zero attached hydrogens (tertiary/aromatic N) is 3. The molecule has 3 aromatic rings. The van der Waals surface area contributed by atoms with E-state index in [0.29, 0.717) is 53.5 Å². The molecule has 2 saturated heterocycles. The van der Waals surface area contributed by atoms with Crippen LogP contribution >= 0.6 is 0 Å². The zero-order valence-corrected chi connectivity index (χ0v) is 20.2. The van der Waals surface area contributed by atoms with Crippen molar-refractivity contribution in [2.45, 2.75) is 6.42 Å². The van der Waals surface area contributed by atoms with Crippen molar-refractivity contribution in [1.29, 1.82) is 0 Å². The van der Waals surface area contributed by atoms with Crippen LogP contribution in [-0.4, -0.2) is 75.6 Å². The zero-order valence-electron chi connectivity index (χ0n) is 20.2. The van der Waals surface area contributed by atoms with Crippen molar-refractivity contribution in [2.24, 2.45) is 0 Å². The molecule has 2 aliphatic heterocycles. The van der Waals surface area contributed by atoms with Gasteiger partial charge in [-0.1, -0.05) is 0 Å². The van der Waals surface area contributed by atoms with Crippen molar-refractivity contribution in [2.75, 3.05) is 64.6 Å². The Morgan fingerprint density at radius 3 is 2.67 bits per heavy atom. The van der Waals surface area contributed by atoms with Crippen LogP contribution in [0.15, 0.2) is 42.6 Å². The number of aromatic nitrogens is 1. The average Bonchev–Trinajstić information content (AvgIpc) is 3.34. The number of hydrogen-bond acceptors (Lipinski definition) is 7. The number of morpholine rings is 1. The Balaban J connectivity index is 1.31. The van der Waals surface area contributed by atoms with Crippen molar-refractivity contribution in [3.8, 4) is 23.0 Å². The van der Waals surface area contributed by atoms with Crippen LogP contribution in [0, 0.1) is 5.82 Å².